The predicted octanol–water partition coefficient (Wildman–Crippen LogP) is 0.178. The number of rotatable bonds is 5. The van der Waals surface area contributed by atoms with E-state index in [-0.39, 0.29) is 42.7 Å². The number of hydrogen-bond acceptors (Lipinski definition) is 6. The second-order valence-electron chi connectivity index (χ2n) is 6.36. The number of halogens is 3. The van der Waals surface area contributed by atoms with E-state index < -0.39 is 41.8 Å². The van der Waals surface area contributed by atoms with E-state index in [9.17, 15) is 37.1 Å². The lowest BCUT2D eigenvalue weighted by atomic mass is 10.0. The van der Waals surface area contributed by atoms with E-state index in [0.717, 1.165) is 4.90 Å². The lowest BCUT2D eigenvalue weighted by Crippen LogP contribution is -2.54. The van der Waals surface area contributed by atoms with Gasteiger partial charge in [-0.05, 0) is 18.6 Å². The van der Waals surface area contributed by atoms with E-state index in [1.807, 2.05) is 0 Å². The number of carbonyl (C=O) groups is 5. The molecule has 1 aromatic carbocycles. The second kappa shape index (κ2) is 7.53. The first-order chi connectivity index (χ1) is 13.6. The number of benzene rings is 1. The fourth-order valence-electron chi connectivity index (χ4n) is 3.14. The topological polar surface area (TPSA) is 125 Å². The van der Waals surface area contributed by atoms with Gasteiger partial charge in [0, 0.05) is 25.2 Å². The lowest BCUT2D eigenvalue weighted by molar-refractivity contribution is -0.173. The maximum Gasteiger partial charge on any atom is 0.471 e. The van der Waals surface area contributed by atoms with Crippen molar-refractivity contribution in [3.05, 3.63) is 29.3 Å². The van der Waals surface area contributed by atoms with Crippen molar-refractivity contribution >= 4 is 35.2 Å². The normalized spacial score (nSPS) is 19.1. The molecule has 1 unspecified atom stereocenters. The summed E-state index contributed by atoms with van der Waals surface area (Å²) in [6, 6.07) is 3.18. The van der Waals surface area contributed by atoms with Gasteiger partial charge in [0.1, 0.15) is 6.04 Å². The molecule has 0 bridgehead atoms. The fraction of sp³-hybridized carbons (Fsp3) is 0.353. The molecule has 0 saturated carbocycles. The third kappa shape index (κ3) is 3.91. The first kappa shape index (κ1) is 20.3. The van der Waals surface area contributed by atoms with Gasteiger partial charge in [0.2, 0.25) is 11.8 Å². The average Bonchev–Trinajstić information content (AvgIpc) is 2.90. The summed E-state index contributed by atoms with van der Waals surface area (Å²) in [5, 5.41) is 6.47. The minimum absolute atomic E-state index is 0.00235. The highest BCUT2D eigenvalue weighted by atomic mass is 19.4. The number of piperidine rings is 1. The van der Waals surface area contributed by atoms with E-state index in [1.165, 1.54) is 18.2 Å². The Balaban J connectivity index is 1.72. The number of anilines is 1. The van der Waals surface area contributed by atoms with Crippen molar-refractivity contribution in [2.75, 3.05) is 18.4 Å². The van der Waals surface area contributed by atoms with Gasteiger partial charge < -0.3 is 10.6 Å². The van der Waals surface area contributed by atoms with Crippen LogP contribution in [-0.2, 0) is 14.4 Å². The largest absolute Gasteiger partial charge is 0.471 e. The smallest absolute Gasteiger partial charge is 0.383 e. The molecule has 1 aromatic rings. The Labute approximate surface area is 161 Å². The third-order valence-corrected chi connectivity index (χ3v) is 4.45. The summed E-state index contributed by atoms with van der Waals surface area (Å²) in [6.07, 6.45) is -5.02. The standard InChI is InChI=1S/C17H15F3N4O5/c18-17(19,20)16(29)22-7-6-21-9-3-1-2-8-12(9)15(28)24(14(8)27)10-4-5-11(25)23-13(10)26/h1-3,10,21H,4-7H2,(H,22,29)(H,23,25,26). The Bertz CT molecular complexity index is 915. The van der Waals surface area contributed by atoms with Gasteiger partial charge in [-0.1, -0.05) is 6.07 Å². The summed E-state index contributed by atoms with van der Waals surface area (Å²) < 4.78 is 36.5. The Morgan fingerprint density at radius 1 is 1.14 bits per heavy atom. The molecule has 1 saturated heterocycles. The zero-order chi connectivity index (χ0) is 21.3. The van der Waals surface area contributed by atoms with Crippen molar-refractivity contribution in [2.45, 2.75) is 25.1 Å². The molecule has 0 spiro atoms. The molecule has 0 radical (unpaired) electrons. The SMILES string of the molecule is O=C1CCC(N2C(=O)c3cccc(NCCNC(=O)C(F)(F)F)c3C2=O)C(=O)N1. The van der Waals surface area contributed by atoms with Crippen molar-refractivity contribution in [3.63, 3.8) is 0 Å². The quantitative estimate of drug-likeness (QED) is 0.468. The third-order valence-electron chi connectivity index (χ3n) is 4.45. The van der Waals surface area contributed by atoms with E-state index in [0.29, 0.717) is 0 Å². The molecule has 3 N–H and O–H groups in total. The van der Waals surface area contributed by atoms with Crippen molar-refractivity contribution in [1.29, 1.82) is 0 Å². The maximum absolute atomic E-state index is 12.8. The molecule has 12 heteroatoms. The minimum Gasteiger partial charge on any atom is -0.383 e. The maximum atomic E-state index is 12.8. The van der Waals surface area contributed by atoms with Gasteiger partial charge in [0.05, 0.1) is 11.1 Å². The van der Waals surface area contributed by atoms with Crippen LogP contribution in [0.25, 0.3) is 0 Å². The Hall–Kier alpha value is -3.44. The van der Waals surface area contributed by atoms with Crippen molar-refractivity contribution in [2.24, 2.45) is 0 Å². The predicted molar refractivity (Wildman–Crippen MR) is 90.7 cm³/mol. The zero-order valence-corrected chi connectivity index (χ0v) is 14.8. The highest BCUT2D eigenvalue weighted by molar-refractivity contribution is 6.25. The van der Waals surface area contributed by atoms with Gasteiger partial charge >= 0.3 is 12.1 Å². The first-order valence-corrected chi connectivity index (χ1v) is 8.54. The van der Waals surface area contributed by atoms with Crippen LogP contribution in [0.1, 0.15) is 33.6 Å². The summed E-state index contributed by atoms with van der Waals surface area (Å²) in [5.74, 6) is -4.78. The number of amides is 5. The highest BCUT2D eigenvalue weighted by Crippen LogP contribution is 2.32. The average molecular weight is 412 g/mol. The van der Waals surface area contributed by atoms with Crippen LogP contribution in [0.15, 0.2) is 18.2 Å². The Kier molecular flexibility index (Phi) is 5.27. The van der Waals surface area contributed by atoms with Crippen LogP contribution < -0.4 is 16.0 Å². The van der Waals surface area contributed by atoms with E-state index in [1.54, 1.807) is 5.32 Å². The molecule has 3 rings (SSSR count). The van der Waals surface area contributed by atoms with Gasteiger partial charge in [0.15, 0.2) is 0 Å². The number of imide groups is 2. The lowest BCUT2D eigenvalue weighted by Gasteiger charge is -2.27. The highest BCUT2D eigenvalue weighted by Gasteiger charge is 2.45. The number of carbonyl (C=O) groups excluding carboxylic acids is 5. The van der Waals surface area contributed by atoms with Gasteiger partial charge in [-0.2, -0.15) is 13.2 Å². The molecule has 5 amide bonds. The van der Waals surface area contributed by atoms with Crippen molar-refractivity contribution < 1.29 is 37.1 Å². The molecule has 2 heterocycles. The van der Waals surface area contributed by atoms with Gasteiger partial charge in [-0.3, -0.25) is 34.2 Å². The molecule has 0 aromatic heterocycles. The molecular weight excluding hydrogens is 397 g/mol. The number of nitrogens with zero attached hydrogens (tertiary/aromatic N) is 1. The van der Waals surface area contributed by atoms with Crippen LogP contribution in [0, 0.1) is 0 Å². The van der Waals surface area contributed by atoms with E-state index in [2.05, 4.69) is 10.6 Å². The fourth-order valence-corrected chi connectivity index (χ4v) is 3.14. The molecular formula is C17H15F3N4O5. The van der Waals surface area contributed by atoms with Gasteiger partial charge in [-0.25, -0.2) is 0 Å². The summed E-state index contributed by atoms with van der Waals surface area (Å²) in [6.45, 7) is -0.515. The van der Waals surface area contributed by atoms with Crippen LogP contribution >= 0.6 is 0 Å². The molecule has 29 heavy (non-hydrogen) atoms. The zero-order valence-electron chi connectivity index (χ0n) is 14.8. The summed E-state index contributed by atoms with van der Waals surface area (Å²) in [7, 11) is 0. The van der Waals surface area contributed by atoms with Gasteiger partial charge in [-0.15, -0.1) is 0 Å². The molecule has 0 aliphatic carbocycles. The number of fused-ring (bicyclic) bond motifs is 1. The molecule has 1 fully saturated rings. The summed E-state index contributed by atoms with van der Waals surface area (Å²) in [4.78, 5) is 60.4. The van der Waals surface area contributed by atoms with Crippen molar-refractivity contribution in [1.82, 2.24) is 15.5 Å². The number of nitrogens with one attached hydrogen (secondary N) is 3. The molecule has 9 nitrogen and oxygen atoms in total. The summed E-state index contributed by atoms with van der Waals surface area (Å²) in [5.41, 5.74) is 0.185. The Morgan fingerprint density at radius 2 is 1.86 bits per heavy atom. The van der Waals surface area contributed by atoms with Crippen molar-refractivity contribution in [3.8, 4) is 0 Å². The van der Waals surface area contributed by atoms with Crippen LogP contribution in [0.3, 0.4) is 0 Å². The van der Waals surface area contributed by atoms with Gasteiger partial charge in [0.25, 0.3) is 11.8 Å². The Morgan fingerprint density at radius 3 is 2.52 bits per heavy atom. The van der Waals surface area contributed by atoms with Crippen LogP contribution in [0.2, 0.25) is 0 Å². The van der Waals surface area contributed by atoms with Crippen LogP contribution in [-0.4, -0.2) is 59.7 Å². The second-order valence-corrected chi connectivity index (χ2v) is 6.36. The number of hydrogen-bond donors (Lipinski definition) is 3. The monoisotopic (exact) mass is 412 g/mol. The molecule has 2 aliphatic rings. The van der Waals surface area contributed by atoms with Crippen LogP contribution in [0.4, 0.5) is 18.9 Å². The van der Waals surface area contributed by atoms with E-state index >= 15 is 0 Å². The van der Waals surface area contributed by atoms with E-state index in [4.69, 9.17) is 0 Å². The molecule has 154 valence electrons. The number of alkyl halides is 3. The molecule has 1 atom stereocenters. The first-order valence-electron chi connectivity index (χ1n) is 8.54. The molecule has 2 aliphatic heterocycles. The summed E-state index contributed by atoms with van der Waals surface area (Å²) >= 11 is 0. The minimum atomic E-state index is -5.00. The van der Waals surface area contributed by atoms with Crippen LogP contribution in [0.5, 0.6) is 0 Å².